The van der Waals surface area contributed by atoms with Gasteiger partial charge in [0.05, 0.1) is 18.3 Å². The first-order valence-corrected chi connectivity index (χ1v) is 5.73. The van der Waals surface area contributed by atoms with E-state index in [4.69, 9.17) is 5.73 Å². The molecule has 0 radical (unpaired) electrons. The van der Waals surface area contributed by atoms with Crippen LogP contribution in [0.15, 0.2) is 18.5 Å². The Bertz CT molecular complexity index is 437. The monoisotopic (exact) mass is 253 g/mol. The number of rotatable bonds is 6. The number of nitrogens with zero attached hydrogens (tertiary/aromatic N) is 2. The molecule has 6 heteroatoms. The van der Waals surface area contributed by atoms with Gasteiger partial charge in [0, 0.05) is 12.7 Å². The van der Waals surface area contributed by atoms with Crippen molar-refractivity contribution in [1.82, 2.24) is 9.88 Å². The fraction of sp³-hybridized carbons (Fsp3) is 0.417. The largest absolute Gasteiger partial charge is 0.368 e. The van der Waals surface area contributed by atoms with Crippen molar-refractivity contribution in [2.24, 2.45) is 5.73 Å². The number of aromatic nitrogens is 1. The van der Waals surface area contributed by atoms with Gasteiger partial charge < -0.3 is 10.6 Å². The maximum absolute atomic E-state index is 13.4. The predicted octanol–water partition coefficient (Wildman–Crippen LogP) is 0.948. The maximum atomic E-state index is 13.4. The van der Waals surface area contributed by atoms with Gasteiger partial charge in [-0.3, -0.25) is 14.6 Å². The normalized spacial score (nSPS) is 10.1. The van der Waals surface area contributed by atoms with Crippen LogP contribution in [-0.4, -0.2) is 34.8 Å². The number of primary amides is 1. The van der Waals surface area contributed by atoms with E-state index in [1.54, 1.807) is 0 Å². The molecule has 98 valence electrons. The van der Waals surface area contributed by atoms with Crippen molar-refractivity contribution in [2.45, 2.75) is 19.8 Å². The molecule has 2 N–H and O–H groups in total. The number of carbonyl (C=O) groups excluding carboxylic acids is 2. The van der Waals surface area contributed by atoms with E-state index in [2.05, 4.69) is 4.98 Å². The lowest BCUT2D eigenvalue weighted by Crippen LogP contribution is -2.39. The fourth-order valence-corrected chi connectivity index (χ4v) is 1.51. The van der Waals surface area contributed by atoms with Crippen LogP contribution in [0.2, 0.25) is 0 Å². The SMILES string of the molecule is CCCCN(CC(N)=O)C(=O)c1ccncc1F. The zero-order valence-electron chi connectivity index (χ0n) is 10.2. The summed E-state index contributed by atoms with van der Waals surface area (Å²) in [5, 5.41) is 0. The second-order valence-corrected chi connectivity index (χ2v) is 3.90. The first-order valence-electron chi connectivity index (χ1n) is 5.73. The molecule has 0 atom stereocenters. The number of halogens is 1. The Morgan fingerprint density at radius 3 is 2.78 bits per heavy atom. The predicted molar refractivity (Wildman–Crippen MR) is 64.2 cm³/mol. The highest BCUT2D eigenvalue weighted by Gasteiger charge is 2.20. The summed E-state index contributed by atoms with van der Waals surface area (Å²) in [5.74, 6) is -1.86. The van der Waals surface area contributed by atoms with E-state index < -0.39 is 17.6 Å². The van der Waals surface area contributed by atoms with Crippen LogP contribution in [0, 0.1) is 5.82 Å². The highest BCUT2D eigenvalue weighted by atomic mass is 19.1. The molecule has 5 nitrogen and oxygen atoms in total. The van der Waals surface area contributed by atoms with Gasteiger partial charge in [0.15, 0.2) is 5.82 Å². The summed E-state index contributed by atoms with van der Waals surface area (Å²) in [6.45, 7) is 2.13. The zero-order chi connectivity index (χ0) is 13.5. The molecule has 0 spiro atoms. The van der Waals surface area contributed by atoms with E-state index >= 15 is 0 Å². The van der Waals surface area contributed by atoms with Crippen LogP contribution in [0.1, 0.15) is 30.1 Å². The fourth-order valence-electron chi connectivity index (χ4n) is 1.51. The number of carbonyl (C=O) groups is 2. The van der Waals surface area contributed by atoms with Crippen LogP contribution in [-0.2, 0) is 4.79 Å². The molecule has 1 heterocycles. The lowest BCUT2D eigenvalue weighted by Gasteiger charge is -2.21. The molecule has 0 aliphatic carbocycles. The zero-order valence-corrected chi connectivity index (χ0v) is 10.2. The van der Waals surface area contributed by atoms with Crippen LogP contribution < -0.4 is 5.73 Å². The van der Waals surface area contributed by atoms with E-state index in [0.717, 1.165) is 19.0 Å². The standard InChI is InChI=1S/C12H16FN3O2/c1-2-3-6-16(8-11(14)17)12(18)9-4-5-15-7-10(9)13/h4-5,7H,2-3,6,8H2,1H3,(H2,14,17). The summed E-state index contributed by atoms with van der Waals surface area (Å²) in [6, 6.07) is 1.29. The quantitative estimate of drug-likeness (QED) is 0.820. The summed E-state index contributed by atoms with van der Waals surface area (Å²) >= 11 is 0. The van der Waals surface area contributed by atoms with Gasteiger partial charge in [0.1, 0.15) is 0 Å². The molecule has 1 aromatic rings. The Morgan fingerprint density at radius 1 is 1.50 bits per heavy atom. The summed E-state index contributed by atoms with van der Waals surface area (Å²) in [7, 11) is 0. The summed E-state index contributed by atoms with van der Waals surface area (Å²) < 4.78 is 13.4. The molecular formula is C12H16FN3O2. The smallest absolute Gasteiger partial charge is 0.257 e. The van der Waals surface area contributed by atoms with Gasteiger partial charge in [-0.25, -0.2) is 4.39 Å². The van der Waals surface area contributed by atoms with Crippen LogP contribution in [0.3, 0.4) is 0 Å². The summed E-state index contributed by atoms with van der Waals surface area (Å²) in [4.78, 5) is 27.8. The van der Waals surface area contributed by atoms with E-state index in [1.807, 2.05) is 6.92 Å². The average Bonchev–Trinajstić information content (AvgIpc) is 2.34. The van der Waals surface area contributed by atoms with Gasteiger partial charge in [-0.15, -0.1) is 0 Å². The maximum Gasteiger partial charge on any atom is 0.257 e. The number of nitrogens with two attached hydrogens (primary N) is 1. The molecule has 2 amide bonds. The topological polar surface area (TPSA) is 76.3 Å². The van der Waals surface area contributed by atoms with Crippen molar-refractivity contribution in [3.8, 4) is 0 Å². The lowest BCUT2D eigenvalue weighted by molar-refractivity contribution is -0.118. The van der Waals surface area contributed by atoms with Gasteiger partial charge in [0.25, 0.3) is 5.91 Å². The van der Waals surface area contributed by atoms with Crippen LogP contribution in [0.5, 0.6) is 0 Å². The minimum absolute atomic E-state index is 0.0950. The molecule has 0 bridgehead atoms. The van der Waals surface area contributed by atoms with E-state index in [-0.39, 0.29) is 12.1 Å². The van der Waals surface area contributed by atoms with E-state index in [1.165, 1.54) is 17.2 Å². The van der Waals surface area contributed by atoms with Gasteiger partial charge in [-0.2, -0.15) is 0 Å². The average molecular weight is 253 g/mol. The van der Waals surface area contributed by atoms with Crippen LogP contribution in [0.25, 0.3) is 0 Å². The van der Waals surface area contributed by atoms with Gasteiger partial charge in [-0.05, 0) is 12.5 Å². The van der Waals surface area contributed by atoms with Crippen molar-refractivity contribution in [3.05, 3.63) is 29.8 Å². The Balaban J connectivity index is 2.87. The number of hydrogen-bond donors (Lipinski definition) is 1. The first kappa shape index (κ1) is 14.1. The van der Waals surface area contributed by atoms with Crippen molar-refractivity contribution in [3.63, 3.8) is 0 Å². The van der Waals surface area contributed by atoms with E-state index in [0.29, 0.717) is 6.54 Å². The van der Waals surface area contributed by atoms with Crippen molar-refractivity contribution < 1.29 is 14.0 Å². The molecule has 1 aromatic heterocycles. The van der Waals surface area contributed by atoms with Gasteiger partial charge in [0.2, 0.25) is 5.91 Å². The number of hydrogen-bond acceptors (Lipinski definition) is 3. The molecule has 18 heavy (non-hydrogen) atoms. The number of pyridine rings is 1. The van der Waals surface area contributed by atoms with E-state index in [9.17, 15) is 14.0 Å². The highest BCUT2D eigenvalue weighted by Crippen LogP contribution is 2.09. The van der Waals surface area contributed by atoms with Crippen LogP contribution in [0.4, 0.5) is 4.39 Å². The molecule has 0 aromatic carbocycles. The highest BCUT2D eigenvalue weighted by molar-refractivity contribution is 5.96. The molecule has 0 saturated heterocycles. The lowest BCUT2D eigenvalue weighted by atomic mass is 10.2. The molecule has 0 saturated carbocycles. The van der Waals surface area contributed by atoms with Crippen molar-refractivity contribution >= 4 is 11.8 Å². The summed E-state index contributed by atoms with van der Waals surface area (Å²) in [6.07, 6.45) is 3.89. The molecule has 0 unspecified atom stereocenters. The Kier molecular flexibility index (Phi) is 5.23. The Labute approximate surface area is 105 Å². The Morgan fingerprint density at radius 2 is 2.22 bits per heavy atom. The minimum Gasteiger partial charge on any atom is -0.368 e. The number of unbranched alkanes of at least 4 members (excludes halogenated alkanes) is 1. The third kappa shape index (κ3) is 3.80. The molecule has 0 aliphatic rings. The Hall–Kier alpha value is -1.98. The molecule has 0 fully saturated rings. The van der Waals surface area contributed by atoms with Crippen molar-refractivity contribution in [2.75, 3.05) is 13.1 Å². The van der Waals surface area contributed by atoms with Crippen molar-refractivity contribution in [1.29, 1.82) is 0 Å². The third-order valence-corrected chi connectivity index (χ3v) is 2.42. The number of amides is 2. The third-order valence-electron chi connectivity index (χ3n) is 2.42. The summed E-state index contributed by atoms with van der Waals surface area (Å²) in [5.41, 5.74) is 4.99. The molecular weight excluding hydrogens is 237 g/mol. The second-order valence-electron chi connectivity index (χ2n) is 3.90. The van der Waals surface area contributed by atoms with Gasteiger partial charge >= 0.3 is 0 Å². The van der Waals surface area contributed by atoms with Gasteiger partial charge in [-0.1, -0.05) is 13.3 Å². The first-order chi connectivity index (χ1) is 8.56. The minimum atomic E-state index is -0.700. The molecule has 0 aliphatic heterocycles. The van der Waals surface area contributed by atoms with Crippen LogP contribution >= 0.6 is 0 Å². The second kappa shape index (κ2) is 6.68. The molecule has 1 rings (SSSR count).